The Morgan fingerprint density at radius 2 is 2.19 bits per heavy atom. The smallest absolute Gasteiger partial charge is 0.334 e. The van der Waals surface area contributed by atoms with Gasteiger partial charge in [0.25, 0.3) is 0 Å². The van der Waals surface area contributed by atoms with E-state index in [0.717, 1.165) is 10.9 Å². The Hall–Kier alpha value is -2.41. The number of carbonyl (C=O) groups excluding carboxylic acids is 1. The highest BCUT2D eigenvalue weighted by Crippen LogP contribution is 2.13. The maximum atomic E-state index is 12.3. The summed E-state index contributed by atoms with van der Waals surface area (Å²) in [4.78, 5) is 24.7. The van der Waals surface area contributed by atoms with E-state index < -0.39 is 12.1 Å². The number of ether oxygens (including phenoxy) is 1. The van der Waals surface area contributed by atoms with Crippen LogP contribution in [0.25, 0.3) is 10.9 Å². The van der Waals surface area contributed by atoms with E-state index in [-0.39, 0.29) is 25.6 Å². The van der Waals surface area contributed by atoms with E-state index in [1.165, 1.54) is 4.90 Å². The Morgan fingerprint density at radius 1 is 1.38 bits per heavy atom. The van der Waals surface area contributed by atoms with Crippen LogP contribution >= 0.6 is 0 Å². The van der Waals surface area contributed by atoms with Gasteiger partial charge in [0.05, 0.1) is 24.9 Å². The van der Waals surface area contributed by atoms with Gasteiger partial charge in [-0.05, 0) is 6.07 Å². The molecule has 1 amide bonds. The van der Waals surface area contributed by atoms with Crippen molar-refractivity contribution in [1.82, 2.24) is 14.7 Å². The van der Waals surface area contributed by atoms with Crippen LogP contribution in [0.2, 0.25) is 0 Å². The summed E-state index contributed by atoms with van der Waals surface area (Å²) in [6.45, 7) is 0.817. The monoisotopic (exact) mass is 289 g/mol. The van der Waals surface area contributed by atoms with Gasteiger partial charge in [0, 0.05) is 11.9 Å². The number of benzene rings is 1. The van der Waals surface area contributed by atoms with Gasteiger partial charge < -0.3 is 14.7 Å². The Morgan fingerprint density at radius 3 is 3.00 bits per heavy atom. The number of carboxylic acid groups (broad SMARTS) is 1. The molecule has 1 saturated heterocycles. The van der Waals surface area contributed by atoms with Crippen LogP contribution in [0.1, 0.15) is 0 Å². The van der Waals surface area contributed by atoms with Gasteiger partial charge in [-0.1, -0.05) is 18.2 Å². The Labute approximate surface area is 120 Å². The number of rotatable bonds is 3. The molecule has 0 unspecified atom stereocenters. The van der Waals surface area contributed by atoms with Crippen molar-refractivity contribution < 1.29 is 19.4 Å². The minimum atomic E-state index is -1.04. The number of aromatic nitrogens is 2. The van der Waals surface area contributed by atoms with E-state index in [1.54, 1.807) is 10.9 Å². The highest BCUT2D eigenvalue weighted by atomic mass is 16.5. The number of hydrogen-bond acceptors (Lipinski definition) is 4. The largest absolute Gasteiger partial charge is 0.479 e. The van der Waals surface area contributed by atoms with Crippen LogP contribution in [-0.4, -0.2) is 57.5 Å². The standard InChI is InChI=1S/C14H15N3O4/c18-13(16-5-6-21-12(8-16)14(19)20)9-17-11-4-2-1-3-10(11)7-15-17/h1-4,7,12H,5-6,8-9H2,(H,19,20)/t12-/m0/s1. The Balaban J connectivity index is 1.72. The first kappa shape index (κ1) is 13.6. The number of nitrogens with zero attached hydrogens (tertiary/aromatic N) is 3. The normalized spacial score (nSPS) is 18.9. The van der Waals surface area contributed by atoms with Crippen molar-refractivity contribution in [3.63, 3.8) is 0 Å². The van der Waals surface area contributed by atoms with E-state index >= 15 is 0 Å². The summed E-state index contributed by atoms with van der Waals surface area (Å²) in [6.07, 6.45) is 0.763. The molecule has 1 fully saturated rings. The van der Waals surface area contributed by atoms with E-state index in [2.05, 4.69) is 5.10 Å². The second-order valence-electron chi connectivity index (χ2n) is 4.90. The van der Waals surface area contributed by atoms with Crippen LogP contribution in [0.3, 0.4) is 0 Å². The van der Waals surface area contributed by atoms with Gasteiger partial charge in [0.2, 0.25) is 5.91 Å². The molecule has 1 aromatic carbocycles. The quantitative estimate of drug-likeness (QED) is 0.881. The van der Waals surface area contributed by atoms with Crippen molar-refractivity contribution >= 4 is 22.8 Å². The minimum absolute atomic E-state index is 0.0768. The fourth-order valence-electron chi connectivity index (χ4n) is 2.41. The van der Waals surface area contributed by atoms with Gasteiger partial charge in [-0.25, -0.2) is 4.79 Å². The minimum Gasteiger partial charge on any atom is -0.479 e. The predicted octanol–water partition coefficient (Wildman–Crippen LogP) is 0.348. The highest BCUT2D eigenvalue weighted by molar-refractivity contribution is 5.82. The molecule has 0 spiro atoms. The number of carboxylic acids is 1. The van der Waals surface area contributed by atoms with Gasteiger partial charge >= 0.3 is 5.97 Å². The predicted molar refractivity (Wildman–Crippen MR) is 73.7 cm³/mol. The van der Waals surface area contributed by atoms with E-state index in [4.69, 9.17) is 9.84 Å². The van der Waals surface area contributed by atoms with Crippen LogP contribution in [0.5, 0.6) is 0 Å². The molecule has 2 heterocycles. The van der Waals surface area contributed by atoms with Crippen LogP contribution in [0.15, 0.2) is 30.5 Å². The molecule has 110 valence electrons. The first-order valence-corrected chi connectivity index (χ1v) is 6.68. The molecule has 0 bridgehead atoms. The Kier molecular flexibility index (Phi) is 3.57. The lowest BCUT2D eigenvalue weighted by Gasteiger charge is -2.30. The summed E-state index contributed by atoms with van der Waals surface area (Å²) >= 11 is 0. The molecule has 1 aliphatic rings. The van der Waals surface area contributed by atoms with Crippen molar-refractivity contribution in [3.05, 3.63) is 30.5 Å². The maximum Gasteiger partial charge on any atom is 0.334 e. The Bertz CT molecular complexity index is 682. The summed E-state index contributed by atoms with van der Waals surface area (Å²) in [6, 6.07) is 7.63. The van der Waals surface area contributed by atoms with Crippen LogP contribution in [0, 0.1) is 0 Å². The number of para-hydroxylation sites is 1. The lowest BCUT2D eigenvalue weighted by molar-refractivity contribution is -0.159. The lowest BCUT2D eigenvalue weighted by atomic mass is 10.2. The molecule has 7 heteroatoms. The lowest BCUT2D eigenvalue weighted by Crippen LogP contribution is -2.49. The summed E-state index contributed by atoms with van der Waals surface area (Å²) < 4.78 is 6.74. The number of carbonyl (C=O) groups is 2. The third-order valence-electron chi connectivity index (χ3n) is 3.53. The van der Waals surface area contributed by atoms with Gasteiger partial charge in [0.1, 0.15) is 6.54 Å². The molecule has 1 aliphatic heterocycles. The summed E-state index contributed by atoms with van der Waals surface area (Å²) in [5.74, 6) is -1.20. The third-order valence-corrected chi connectivity index (χ3v) is 3.53. The molecule has 2 aromatic rings. The van der Waals surface area contributed by atoms with Crippen molar-refractivity contribution in [2.45, 2.75) is 12.6 Å². The van der Waals surface area contributed by atoms with Crippen molar-refractivity contribution in [1.29, 1.82) is 0 Å². The molecule has 1 N–H and O–H groups in total. The zero-order valence-corrected chi connectivity index (χ0v) is 11.3. The summed E-state index contributed by atoms with van der Waals surface area (Å²) in [7, 11) is 0. The average Bonchev–Trinajstić information content (AvgIpc) is 2.91. The summed E-state index contributed by atoms with van der Waals surface area (Å²) in [5.41, 5.74) is 0.883. The third kappa shape index (κ3) is 2.73. The van der Waals surface area contributed by atoms with Crippen LogP contribution in [0.4, 0.5) is 0 Å². The molecule has 1 aromatic heterocycles. The van der Waals surface area contributed by atoms with Gasteiger partial charge in [0.15, 0.2) is 6.10 Å². The zero-order chi connectivity index (χ0) is 14.8. The fraction of sp³-hybridized carbons (Fsp3) is 0.357. The van der Waals surface area contributed by atoms with Crippen LogP contribution in [-0.2, 0) is 20.9 Å². The highest BCUT2D eigenvalue weighted by Gasteiger charge is 2.29. The van der Waals surface area contributed by atoms with E-state index in [1.807, 2.05) is 24.3 Å². The van der Waals surface area contributed by atoms with Gasteiger partial charge in [-0.3, -0.25) is 9.48 Å². The number of amides is 1. The van der Waals surface area contributed by atoms with E-state index in [9.17, 15) is 9.59 Å². The van der Waals surface area contributed by atoms with Crippen LogP contribution < -0.4 is 0 Å². The van der Waals surface area contributed by atoms with Crippen molar-refractivity contribution in [2.75, 3.05) is 19.7 Å². The maximum absolute atomic E-state index is 12.3. The molecule has 1 atom stereocenters. The van der Waals surface area contributed by atoms with Gasteiger partial charge in [-0.15, -0.1) is 0 Å². The van der Waals surface area contributed by atoms with E-state index in [0.29, 0.717) is 6.54 Å². The number of fused-ring (bicyclic) bond motifs is 1. The molecule has 0 aliphatic carbocycles. The topological polar surface area (TPSA) is 84.7 Å². The second-order valence-corrected chi connectivity index (χ2v) is 4.90. The molecule has 0 saturated carbocycles. The van der Waals surface area contributed by atoms with Crippen molar-refractivity contribution in [2.24, 2.45) is 0 Å². The molecule has 3 rings (SSSR count). The first-order valence-electron chi connectivity index (χ1n) is 6.68. The fourth-order valence-corrected chi connectivity index (χ4v) is 2.41. The van der Waals surface area contributed by atoms with Crippen molar-refractivity contribution in [3.8, 4) is 0 Å². The molecule has 0 radical (unpaired) electrons. The molecular formula is C14H15N3O4. The first-order chi connectivity index (χ1) is 10.1. The number of morpholine rings is 1. The SMILES string of the molecule is O=C(O)[C@@H]1CN(C(=O)Cn2ncc3ccccc32)CCO1. The molecular weight excluding hydrogens is 274 g/mol. The number of aliphatic carboxylic acids is 1. The average molecular weight is 289 g/mol. The molecule has 21 heavy (non-hydrogen) atoms. The molecule has 7 nitrogen and oxygen atoms in total. The number of hydrogen-bond donors (Lipinski definition) is 1. The second kappa shape index (κ2) is 5.53. The summed E-state index contributed by atoms with van der Waals surface area (Å²) in [5, 5.41) is 14.1. The van der Waals surface area contributed by atoms with Gasteiger partial charge in [-0.2, -0.15) is 5.10 Å². The zero-order valence-electron chi connectivity index (χ0n) is 11.3.